The molecule has 0 aliphatic heterocycles. The van der Waals surface area contributed by atoms with Gasteiger partial charge in [-0.15, -0.1) is 0 Å². The number of hydrogen-bond donors (Lipinski definition) is 2. The maximum atomic E-state index is 11.3. The van der Waals surface area contributed by atoms with E-state index < -0.39 is 0 Å². The lowest BCUT2D eigenvalue weighted by atomic mass is 10.3. The highest BCUT2D eigenvalue weighted by Crippen LogP contribution is 2.18. The summed E-state index contributed by atoms with van der Waals surface area (Å²) in [5.41, 5.74) is 0.884. The van der Waals surface area contributed by atoms with E-state index in [0.29, 0.717) is 6.54 Å². The Kier molecular flexibility index (Phi) is 5.33. The average Bonchev–Trinajstić information content (AvgIpc) is 2.26. The van der Waals surface area contributed by atoms with E-state index >= 15 is 0 Å². The molecule has 4 nitrogen and oxygen atoms in total. The Morgan fingerprint density at radius 3 is 2.82 bits per heavy atom. The molecule has 2 N–H and O–H groups in total. The highest BCUT2D eigenvalue weighted by atomic mass is 16.5. The molecule has 0 bridgehead atoms. The zero-order chi connectivity index (χ0) is 12.7. The molecule has 0 saturated heterocycles. The predicted molar refractivity (Wildman–Crippen MR) is 69.4 cm³/mol. The standard InChI is InChI=1S/C13H20N2O2/c1-4-14-13(16)9-15-11-6-5-7-12(8-11)17-10(2)3/h5-8,10,15H,4,9H2,1-3H3,(H,14,16). The zero-order valence-electron chi connectivity index (χ0n) is 10.6. The van der Waals surface area contributed by atoms with Crippen molar-refractivity contribution in [2.75, 3.05) is 18.4 Å². The van der Waals surface area contributed by atoms with Gasteiger partial charge in [0.15, 0.2) is 0 Å². The molecule has 94 valence electrons. The third-order valence-electron chi connectivity index (χ3n) is 2.03. The molecule has 0 aromatic heterocycles. The first-order valence-corrected chi connectivity index (χ1v) is 5.89. The smallest absolute Gasteiger partial charge is 0.239 e. The average molecular weight is 236 g/mol. The molecule has 0 radical (unpaired) electrons. The lowest BCUT2D eigenvalue weighted by molar-refractivity contribution is -0.119. The Morgan fingerprint density at radius 1 is 1.41 bits per heavy atom. The molecule has 0 unspecified atom stereocenters. The fourth-order valence-electron chi connectivity index (χ4n) is 1.39. The van der Waals surface area contributed by atoms with Crippen molar-refractivity contribution in [3.8, 4) is 5.75 Å². The molecular formula is C13H20N2O2. The summed E-state index contributed by atoms with van der Waals surface area (Å²) in [7, 11) is 0. The van der Waals surface area contributed by atoms with Gasteiger partial charge in [0.1, 0.15) is 5.75 Å². The highest BCUT2D eigenvalue weighted by molar-refractivity contribution is 5.80. The summed E-state index contributed by atoms with van der Waals surface area (Å²) in [6.07, 6.45) is 0.147. The number of likely N-dealkylation sites (N-methyl/N-ethyl adjacent to an activating group) is 1. The zero-order valence-corrected chi connectivity index (χ0v) is 10.6. The molecule has 1 aromatic carbocycles. The molecule has 0 heterocycles. The number of carbonyl (C=O) groups is 1. The van der Waals surface area contributed by atoms with Crippen molar-refractivity contribution in [2.45, 2.75) is 26.9 Å². The van der Waals surface area contributed by atoms with Gasteiger partial charge in [0.25, 0.3) is 0 Å². The van der Waals surface area contributed by atoms with E-state index in [2.05, 4.69) is 10.6 Å². The van der Waals surface area contributed by atoms with Gasteiger partial charge in [-0.1, -0.05) is 6.07 Å². The third-order valence-corrected chi connectivity index (χ3v) is 2.03. The number of ether oxygens (including phenoxy) is 1. The fraction of sp³-hybridized carbons (Fsp3) is 0.462. The van der Waals surface area contributed by atoms with Crippen molar-refractivity contribution < 1.29 is 9.53 Å². The first-order chi connectivity index (χ1) is 8.11. The van der Waals surface area contributed by atoms with Gasteiger partial charge in [-0.3, -0.25) is 4.79 Å². The number of rotatable bonds is 6. The van der Waals surface area contributed by atoms with E-state index in [1.54, 1.807) is 0 Å². The van der Waals surface area contributed by atoms with Gasteiger partial charge in [0.2, 0.25) is 5.91 Å². The molecule has 0 aliphatic carbocycles. The van der Waals surface area contributed by atoms with E-state index in [1.165, 1.54) is 0 Å². The summed E-state index contributed by atoms with van der Waals surface area (Å²) in [6, 6.07) is 7.60. The minimum atomic E-state index is -0.0114. The van der Waals surface area contributed by atoms with E-state index in [4.69, 9.17) is 4.74 Å². The minimum absolute atomic E-state index is 0.0114. The van der Waals surface area contributed by atoms with Gasteiger partial charge < -0.3 is 15.4 Å². The van der Waals surface area contributed by atoms with Crippen molar-refractivity contribution in [3.63, 3.8) is 0 Å². The molecule has 0 aliphatic rings. The summed E-state index contributed by atoms with van der Waals surface area (Å²) in [6.45, 7) is 6.79. The van der Waals surface area contributed by atoms with E-state index in [-0.39, 0.29) is 18.6 Å². The number of anilines is 1. The van der Waals surface area contributed by atoms with Crippen LogP contribution in [0.1, 0.15) is 20.8 Å². The molecule has 0 atom stereocenters. The molecule has 0 fully saturated rings. The van der Waals surface area contributed by atoms with Crippen LogP contribution in [0, 0.1) is 0 Å². The minimum Gasteiger partial charge on any atom is -0.491 e. The largest absolute Gasteiger partial charge is 0.491 e. The molecule has 1 aromatic rings. The van der Waals surface area contributed by atoms with Gasteiger partial charge in [-0.2, -0.15) is 0 Å². The molecule has 0 spiro atoms. The normalized spacial score (nSPS) is 10.1. The SMILES string of the molecule is CCNC(=O)CNc1cccc(OC(C)C)c1. The van der Waals surface area contributed by atoms with Gasteiger partial charge in [0.05, 0.1) is 12.6 Å². The molecule has 1 amide bonds. The maximum Gasteiger partial charge on any atom is 0.239 e. The van der Waals surface area contributed by atoms with Crippen LogP contribution in [0.25, 0.3) is 0 Å². The van der Waals surface area contributed by atoms with Crippen LogP contribution in [-0.2, 0) is 4.79 Å². The summed E-state index contributed by atoms with van der Waals surface area (Å²) < 4.78 is 5.57. The first-order valence-electron chi connectivity index (χ1n) is 5.89. The Labute approximate surface area is 102 Å². The first kappa shape index (κ1) is 13.4. The summed E-state index contributed by atoms with van der Waals surface area (Å²) in [5, 5.41) is 5.78. The van der Waals surface area contributed by atoms with E-state index in [0.717, 1.165) is 11.4 Å². The number of nitrogens with one attached hydrogen (secondary N) is 2. The molecule has 17 heavy (non-hydrogen) atoms. The monoisotopic (exact) mass is 236 g/mol. The third kappa shape index (κ3) is 5.24. The van der Waals surface area contributed by atoms with Crippen molar-refractivity contribution in [1.82, 2.24) is 5.32 Å². The second kappa shape index (κ2) is 6.78. The Morgan fingerprint density at radius 2 is 2.18 bits per heavy atom. The highest BCUT2D eigenvalue weighted by Gasteiger charge is 2.01. The van der Waals surface area contributed by atoms with Gasteiger partial charge in [-0.05, 0) is 32.9 Å². The van der Waals surface area contributed by atoms with E-state index in [9.17, 15) is 4.79 Å². The summed E-state index contributed by atoms with van der Waals surface area (Å²) in [5.74, 6) is 0.795. The summed E-state index contributed by atoms with van der Waals surface area (Å²) >= 11 is 0. The fourth-order valence-corrected chi connectivity index (χ4v) is 1.39. The van der Waals surface area contributed by atoms with Gasteiger partial charge in [-0.25, -0.2) is 0 Å². The molecular weight excluding hydrogens is 216 g/mol. The van der Waals surface area contributed by atoms with Crippen molar-refractivity contribution in [1.29, 1.82) is 0 Å². The number of benzene rings is 1. The van der Waals surface area contributed by atoms with Crippen LogP contribution in [0.4, 0.5) is 5.69 Å². The van der Waals surface area contributed by atoms with Crippen molar-refractivity contribution in [3.05, 3.63) is 24.3 Å². The lowest BCUT2D eigenvalue weighted by Crippen LogP contribution is -2.29. The van der Waals surface area contributed by atoms with Crippen LogP contribution in [0.15, 0.2) is 24.3 Å². The Balaban J connectivity index is 2.51. The second-order valence-electron chi connectivity index (χ2n) is 4.00. The van der Waals surface area contributed by atoms with Gasteiger partial charge in [0, 0.05) is 18.3 Å². The van der Waals surface area contributed by atoms with Crippen LogP contribution in [0.5, 0.6) is 5.75 Å². The lowest BCUT2D eigenvalue weighted by Gasteiger charge is -2.11. The molecule has 1 rings (SSSR count). The quantitative estimate of drug-likeness (QED) is 0.794. The topological polar surface area (TPSA) is 50.4 Å². The predicted octanol–water partition coefficient (Wildman–Crippen LogP) is 2.02. The summed E-state index contributed by atoms with van der Waals surface area (Å²) in [4.78, 5) is 11.3. The van der Waals surface area contributed by atoms with Crippen LogP contribution in [-0.4, -0.2) is 25.1 Å². The van der Waals surface area contributed by atoms with Crippen LogP contribution >= 0.6 is 0 Å². The van der Waals surface area contributed by atoms with Crippen molar-refractivity contribution >= 4 is 11.6 Å². The van der Waals surface area contributed by atoms with Crippen LogP contribution in [0.2, 0.25) is 0 Å². The Hall–Kier alpha value is -1.71. The van der Waals surface area contributed by atoms with Gasteiger partial charge >= 0.3 is 0 Å². The van der Waals surface area contributed by atoms with Crippen molar-refractivity contribution in [2.24, 2.45) is 0 Å². The van der Waals surface area contributed by atoms with Crippen LogP contribution in [0.3, 0.4) is 0 Å². The van der Waals surface area contributed by atoms with Crippen LogP contribution < -0.4 is 15.4 Å². The second-order valence-corrected chi connectivity index (χ2v) is 4.00. The van der Waals surface area contributed by atoms with E-state index in [1.807, 2.05) is 45.0 Å². The number of carbonyl (C=O) groups excluding carboxylic acids is 1. The number of amides is 1. The molecule has 4 heteroatoms. The molecule has 0 saturated carbocycles. The number of hydrogen-bond acceptors (Lipinski definition) is 3. The Bertz CT molecular complexity index is 364. The maximum absolute atomic E-state index is 11.3.